The van der Waals surface area contributed by atoms with Crippen LogP contribution in [0.15, 0.2) is 30.3 Å². The molecule has 0 heterocycles. The van der Waals surface area contributed by atoms with Crippen LogP contribution in [-0.2, 0) is 0 Å². The number of hydrogen-bond acceptors (Lipinski definition) is 3. The standard InChI is InChI=1S/C15H14ClNO3/c1-8-6-13(18)9(2)5-12(8)17-15(20)11-4-3-10(16)7-14(11)19/h3-7,18-19H,1-2H3,(H,17,20). The molecule has 0 atom stereocenters. The fraction of sp³-hybridized carbons (Fsp3) is 0.133. The molecule has 0 radical (unpaired) electrons. The molecule has 104 valence electrons. The van der Waals surface area contributed by atoms with Crippen LogP contribution >= 0.6 is 11.6 Å². The van der Waals surface area contributed by atoms with E-state index in [4.69, 9.17) is 11.6 Å². The Morgan fingerprint density at radius 3 is 2.40 bits per heavy atom. The molecule has 0 aliphatic rings. The van der Waals surface area contributed by atoms with Gasteiger partial charge in [-0.25, -0.2) is 0 Å². The molecule has 0 aliphatic carbocycles. The lowest BCUT2D eigenvalue weighted by atomic mass is 10.1. The van der Waals surface area contributed by atoms with Crippen LogP contribution in [-0.4, -0.2) is 16.1 Å². The van der Waals surface area contributed by atoms with E-state index >= 15 is 0 Å². The zero-order valence-corrected chi connectivity index (χ0v) is 11.8. The van der Waals surface area contributed by atoms with Crippen LogP contribution in [0.4, 0.5) is 5.69 Å². The van der Waals surface area contributed by atoms with Gasteiger partial charge in [-0.3, -0.25) is 4.79 Å². The third-order valence-corrected chi connectivity index (χ3v) is 3.23. The summed E-state index contributed by atoms with van der Waals surface area (Å²) in [7, 11) is 0. The summed E-state index contributed by atoms with van der Waals surface area (Å²) >= 11 is 5.73. The van der Waals surface area contributed by atoms with Crippen LogP contribution in [0.5, 0.6) is 11.5 Å². The first-order chi connectivity index (χ1) is 9.38. The summed E-state index contributed by atoms with van der Waals surface area (Å²) in [6.07, 6.45) is 0. The molecule has 0 aromatic heterocycles. The average Bonchev–Trinajstić information content (AvgIpc) is 2.35. The summed E-state index contributed by atoms with van der Waals surface area (Å²) in [5, 5.41) is 22.4. The molecule has 2 rings (SSSR count). The summed E-state index contributed by atoms with van der Waals surface area (Å²) in [5.41, 5.74) is 2.11. The van der Waals surface area contributed by atoms with Crippen LogP contribution in [0.25, 0.3) is 0 Å². The van der Waals surface area contributed by atoms with E-state index in [1.54, 1.807) is 26.0 Å². The minimum absolute atomic E-state index is 0.138. The van der Waals surface area contributed by atoms with Gasteiger partial charge in [0.2, 0.25) is 0 Å². The van der Waals surface area contributed by atoms with Crippen LogP contribution < -0.4 is 5.32 Å². The zero-order chi connectivity index (χ0) is 14.9. The lowest BCUT2D eigenvalue weighted by Gasteiger charge is -2.11. The van der Waals surface area contributed by atoms with Gasteiger partial charge in [-0.15, -0.1) is 0 Å². The molecule has 3 N–H and O–H groups in total. The van der Waals surface area contributed by atoms with Gasteiger partial charge in [0.15, 0.2) is 0 Å². The van der Waals surface area contributed by atoms with Crippen LogP contribution in [0.3, 0.4) is 0 Å². The number of phenols is 2. The van der Waals surface area contributed by atoms with Crippen molar-refractivity contribution in [1.82, 2.24) is 0 Å². The van der Waals surface area contributed by atoms with Gasteiger partial charge < -0.3 is 15.5 Å². The SMILES string of the molecule is Cc1cc(NC(=O)c2ccc(Cl)cc2O)c(C)cc1O. The molecular formula is C15H14ClNO3. The van der Waals surface area contributed by atoms with Gasteiger partial charge >= 0.3 is 0 Å². The van der Waals surface area contributed by atoms with Crippen molar-refractivity contribution in [3.8, 4) is 11.5 Å². The lowest BCUT2D eigenvalue weighted by molar-refractivity contribution is 0.102. The number of rotatable bonds is 2. The minimum atomic E-state index is -0.438. The van der Waals surface area contributed by atoms with Crippen molar-refractivity contribution >= 4 is 23.2 Å². The molecule has 2 aromatic rings. The van der Waals surface area contributed by atoms with Gasteiger partial charge in [0, 0.05) is 10.7 Å². The Kier molecular flexibility index (Phi) is 3.86. The Morgan fingerprint density at radius 2 is 1.75 bits per heavy atom. The number of nitrogens with one attached hydrogen (secondary N) is 1. The predicted octanol–water partition coefficient (Wildman–Crippen LogP) is 3.62. The van der Waals surface area contributed by atoms with Gasteiger partial charge in [-0.1, -0.05) is 11.6 Å². The van der Waals surface area contributed by atoms with Crippen LogP contribution in [0, 0.1) is 13.8 Å². The number of carbonyl (C=O) groups is 1. The molecule has 0 saturated carbocycles. The maximum absolute atomic E-state index is 12.1. The highest BCUT2D eigenvalue weighted by Crippen LogP contribution is 2.27. The molecule has 2 aromatic carbocycles. The highest BCUT2D eigenvalue weighted by atomic mass is 35.5. The summed E-state index contributed by atoms with van der Waals surface area (Å²) in [6, 6.07) is 7.55. The molecule has 0 unspecified atom stereocenters. The number of hydrogen-bond donors (Lipinski definition) is 3. The number of anilines is 1. The largest absolute Gasteiger partial charge is 0.508 e. The Balaban J connectivity index is 2.30. The summed E-state index contributed by atoms with van der Waals surface area (Å²) in [5.74, 6) is -0.439. The average molecular weight is 292 g/mol. The molecule has 0 saturated heterocycles. The van der Waals surface area contributed by atoms with E-state index in [-0.39, 0.29) is 17.1 Å². The second kappa shape index (κ2) is 5.43. The fourth-order valence-corrected chi connectivity index (χ4v) is 1.99. The zero-order valence-electron chi connectivity index (χ0n) is 11.1. The van der Waals surface area contributed by atoms with Crippen molar-refractivity contribution in [1.29, 1.82) is 0 Å². The normalized spacial score (nSPS) is 10.3. The van der Waals surface area contributed by atoms with Gasteiger partial charge in [0.25, 0.3) is 5.91 Å². The van der Waals surface area contributed by atoms with E-state index in [0.29, 0.717) is 16.3 Å². The number of aryl methyl sites for hydroxylation is 2. The molecule has 0 bridgehead atoms. The van der Waals surface area contributed by atoms with Gasteiger partial charge in [0.05, 0.1) is 5.56 Å². The molecule has 20 heavy (non-hydrogen) atoms. The van der Waals surface area contributed by atoms with Gasteiger partial charge in [-0.05, 0) is 55.3 Å². The summed E-state index contributed by atoms with van der Waals surface area (Å²) in [6.45, 7) is 3.51. The molecular weight excluding hydrogens is 278 g/mol. The van der Waals surface area contributed by atoms with E-state index < -0.39 is 5.91 Å². The Bertz CT molecular complexity index is 683. The Labute approximate surface area is 121 Å². The second-order valence-corrected chi connectivity index (χ2v) is 5.01. The molecule has 5 heteroatoms. The monoisotopic (exact) mass is 291 g/mol. The number of benzene rings is 2. The molecule has 1 amide bonds. The first kappa shape index (κ1) is 14.2. The lowest BCUT2D eigenvalue weighted by Crippen LogP contribution is -2.13. The molecule has 4 nitrogen and oxygen atoms in total. The van der Waals surface area contributed by atoms with Crippen molar-refractivity contribution < 1.29 is 15.0 Å². The number of halogens is 1. The number of carbonyl (C=O) groups excluding carboxylic acids is 1. The highest BCUT2D eigenvalue weighted by molar-refractivity contribution is 6.31. The number of amides is 1. The second-order valence-electron chi connectivity index (χ2n) is 4.57. The van der Waals surface area contributed by atoms with Gasteiger partial charge in [-0.2, -0.15) is 0 Å². The third kappa shape index (κ3) is 2.86. The predicted molar refractivity (Wildman–Crippen MR) is 78.7 cm³/mol. The van der Waals surface area contributed by atoms with Crippen molar-refractivity contribution in [2.45, 2.75) is 13.8 Å². The maximum atomic E-state index is 12.1. The minimum Gasteiger partial charge on any atom is -0.508 e. The topological polar surface area (TPSA) is 69.6 Å². The first-order valence-corrected chi connectivity index (χ1v) is 6.36. The van der Waals surface area contributed by atoms with Crippen LogP contribution in [0.2, 0.25) is 5.02 Å². The van der Waals surface area contributed by atoms with Crippen LogP contribution in [0.1, 0.15) is 21.5 Å². The molecule has 0 fully saturated rings. The maximum Gasteiger partial charge on any atom is 0.259 e. The summed E-state index contributed by atoms with van der Waals surface area (Å²) in [4.78, 5) is 12.1. The van der Waals surface area contributed by atoms with Crippen molar-refractivity contribution in [2.24, 2.45) is 0 Å². The number of aromatic hydroxyl groups is 2. The smallest absolute Gasteiger partial charge is 0.259 e. The van der Waals surface area contributed by atoms with E-state index in [0.717, 1.165) is 5.56 Å². The summed E-state index contributed by atoms with van der Waals surface area (Å²) < 4.78 is 0. The van der Waals surface area contributed by atoms with E-state index in [2.05, 4.69) is 5.32 Å². The van der Waals surface area contributed by atoms with Crippen molar-refractivity contribution in [2.75, 3.05) is 5.32 Å². The first-order valence-electron chi connectivity index (χ1n) is 5.98. The van der Waals surface area contributed by atoms with Gasteiger partial charge in [0.1, 0.15) is 11.5 Å². The quantitative estimate of drug-likeness (QED) is 0.740. The number of phenolic OH excluding ortho intramolecular Hbond substituents is 2. The van der Waals surface area contributed by atoms with E-state index in [1.165, 1.54) is 18.2 Å². The van der Waals surface area contributed by atoms with E-state index in [9.17, 15) is 15.0 Å². The van der Waals surface area contributed by atoms with E-state index in [1.807, 2.05) is 0 Å². The van der Waals surface area contributed by atoms with Crippen molar-refractivity contribution in [3.05, 3.63) is 52.0 Å². The Morgan fingerprint density at radius 1 is 1.05 bits per heavy atom. The molecule has 0 spiro atoms. The highest BCUT2D eigenvalue weighted by Gasteiger charge is 2.13. The molecule has 0 aliphatic heterocycles. The Hall–Kier alpha value is -2.20. The third-order valence-electron chi connectivity index (χ3n) is 3.00. The fourth-order valence-electron chi connectivity index (χ4n) is 1.82. The van der Waals surface area contributed by atoms with Crippen molar-refractivity contribution in [3.63, 3.8) is 0 Å².